The molecule has 2 aromatic rings. The second-order valence-corrected chi connectivity index (χ2v) is 5.76. The molecule has 0 saturated heterocycles. The summed E-state index contributed by atoms with van der Waals surface area (Å²) >= 11 is 1.65. The van der Waals surface area contributed by atoms with E-state index in [0.717, 1.165) is 16.2 Å². The molecular weight excluding hydrogens is 248 g/mol. The minimum absolute atomic E-state index is 0.200. The summed E-state index contributed by atoms with van der Waals surface area (Å²) in [5.74, 6) is -0.260. The van der Waals surface area contributed by atoms with Crippen LogP contribution < -0.4 is 0 Å². The van der Waals surface area contributed by atoms with E-state index in [0.29, 0.717) is 5.25 Å². The summed E-state index contributed by atoms with van der Waals surface area (Å²) in [6.07, 6.45) is 0. The molecule has 0 amide bonds. The van der Waals surface area contributed by atoms with Crippen LogP contribution in [0, 0.1) is 0 Å². The number of methoxy groups -OCH3 is 1. The Morgan fingerprint density at radius 2 is 2.17 bits per heavy atom. The number of rotatable bonds is 4. The fourth-order valence-electron chi connectivity index (χ4n) is 1.70. The van der Waals surface area contributed by atoms with Gasteiger partial charge in [-0.1, -0.05) is 37.7 Å². The highest BCUT2D eigenvalue weighted by atomic mass is 32.2. The molecule has 0 atom stereocenters. The minimum Gasteiger partial charge on any atom is -0.468 e. The van der Waals surface area contributed by atoms with E-state index in [1.54, 1.807) is 11.8 Å². The third-order valence-corrected chi connectivity index (χ3v) is 3.47. The van der Waals surface area contributed by atoms with Crippen molar-refractivity contribution in [2.75, 3.05) is 7.11 Å². The lowest BCUT2D eigenvalue weighted by molar-refractivity contribution is -0.141. The molecule has 4 nitrogen and oxygen atoms in total. The van der Waals surface area contributed by atoms with Crippen molar-refractivity contribution in [3.8, 4) is 0 Å². The first-order valence-corrected chi connectivity index (χ1v) is 6.68. The van der Waals surface area contributed by atoms with E-state index in [2.05, 4.69) is 18.8 Å². The molecule has 5 heteroatoms. The molecule has 0 unspecified atom stereocenters. The Bertz CT molecular complexity index is 563. The van der Waals surface area contributed by atoms with Crippen LogP contribution in [0.4, 0.5) is 0 Å². The molecule has 0 aliphatic carbocycles. The van der Waals surface area contributed by atoms with Crippen LogP contribution >= 0.6 is 11.8 Å². The van der Waals surface area contributed by atoms with Gasteiger partial charge in [0, 0.05) is 5.25 Å². The number of fused-ring (bicyclic) bond motifs is 1. The van der Waals surface area contributed by atoms with Crippen molar-refractivity contribution in [1.82, 2.24) is 9.55 Å². The van der Waals surface area contributed by atoms with E-state index in [1.807, 2.05) is 28.8 Å². The number of esters is 1. The van der Waals surface area contributed by atoms with Crippen LogP contribution in [0.15, 0.2) is 29.4 Å². The monoisotopic (exact) mass is 264 g/mol. The number of imidazole rings is 1. The van der Waals surface area contributed by atoms with Crippen molar-refractivity contribution in [3.05, 3.63) is 24.3 Å². The molecule has 2 rings (SSSR count). The summed E-state index contributed by atoms with van der Waals surface area (Å²) in [6.45, 7) is 4.41. The van der Waals surface area contributed by atoms with Crippen molar-refractivity contribution >= 4 is 28.8 Å². The SMILES string of the molecule is COC(=O)Cn1c(SC(C)C)nc2ccccc21. The number of hydrogen-bond donors (Lipinski definition) is 0. The van der Waals surface area contributed by atoms with E-state index in [1.165, 1.54) is 7.11 Å². The number of hydrogen-bond acceptors (Lipinski definition) is 4. The molecule has 1 aromatic carbocycles. The van der Waals surface area contributed by atoms with Crippen LogP contribution in [0.1, 0.15) is 13.8 Å². The van der Waals surface area contributed by atoms with Gasteiger partial charge in [0.2, 0.25) is 0 Å². The van der Waals surface area contributed by atoms with E-state index in [-0.39, 0.29) is 12.5 Å². The van der Waals surface area contributed by atoms with Gasteiger partial charge in [0.25, 0.3) is 0 Å². The fraction of sp³-hybridized carbons (Fsp3) is 0.385. The van der Waals surface area contributed by atoms with Gasteiger partial charge in [-0.05, 0) is 12.1 Å². The van der Waals surface area contributed by atoms with Gasteiger partial charge in [-0.25, -0.2) is 4.98 Å². The molecule has 96 valence electrons. The summed E-state index contributed by atoms with van der Waals surface area (Å²) in [5.41, 5.74) is 1.87. The first kappa shape index (κ1) is 13.0. The lowest BCUT2D eigenvalue weighted by atomic mass is 10.3. The molecule has 18 heavy (non-hydrogen) atoms. The number of carbonyl (C=O) groups is 1. The molecule has 0 bridgehead atoms. The number of thioether (sulfide) groups is 1. The summed E-state index contributed by atoms with van der Waals surface area (Å²) in [7, 11) is 1.40. The van der Waals surface area contributed by atoms with Crippen LogP contribution in [0.25, 0.3) is 11.0 Å². The van der Waals surface area contributed by atoms with Crippen molar-refractivity contribution < 1.29 is 9.53 Å². The average molecular weight is 264 g/mol. The van der Waals surface area contributed by atoms with Gasteiger partial charge in [0.15, 0.2) is 5.16 Å². The molecule has 0 radical (unpaired) electrons. The van der Waals surface area contributed by atoms with Crippen molar-refractivity contribution in [2.24, 2.45) is 0 Å². The zero-order chi connectivity index (χ0) is 13.1. The van der Waals surface area contributed by atoms with E-state index >= 15 is 0 Å². The number of para-hydroxylation sites is 2. The highest BCUT2D eigenvalue weighted by molar-refractivity contribution is 7.99. The molecule has 1 heterocycles. The van der Waals surface area contributed by atoms with Gasteiger partial charge < -0.3 is 9.30 Å². The van der Waals surface area contributed by atoms with Crippen LogP contribution in [-0.2, 0) is 16.1 Å². The highest BCUT2D eigenvalue weighted by Gasteiger charge is 2.14. The van der Waals surface area contributed by atoms with E-state index in [9.17, 15) is 4.79 Å². The van der Waals surface area contributed by atoms with Crippen LogP contribution in [0.2, 0.25) is 0 Å². The number of nitrogens with zero attached hydrogens (tertiary/aromatic N) is 2. The van der Waals surface area contributed by atoms with Crippen LogP contribution in [0.5, 0.6) is 0 Å². The number of carbonyl (C=O) groups excluding carboxylic acids is 1. The first-order valence-electron chi connectivity index (χ1n) is 5.80. The zero-order valence-electron chi connectivity index (χ0n) is 10.7. The van der Waals surface area contributed by atoms with Gasteiger partial charge >= 0.3 is 5.97 Å². The van der Waals surface area contributed by atoms with Gasteiger partial charge in [0.05, 0.1) is 18.1 Å². The second kappa shape index (κ2) is 5.44. The molecule has 0 spiro atoms. The highest BCUT2D eigenvalue weighted by Crippen LogP contribution is 2.26. The Morgan fingerprint density at radius 1 is 1.44 bits per heavy atom. The second-order valence-electron chi connectivity index (χ2n) is 4.21. The maximum atomic E-state index is 11.5. The molecule has 0 saturated carbocycles. The Balaban J connectivity index is 2.47. The summed E-state index contributed by atoms with van der Waals surface area (Å²) < 4.78 is 6.64. The molecule has 0 aliphatic rings. The van der Waals surface area contributed by atoms with Crippen molar-refractivity contribution in [1.29, 1.82) is 0 Å². The first-order chi connectivity index (χ1) is 8.61. The van der Waals surface area contributed by atoms with Gasteiger partial charge in [0.1, 0.15) is 6.54 Å². The lowest BCUT2D eigenvalue weighted by Crippen LogP contribution is -2.12. The van der Waals surface area contributed by atoms with Gasteiger partial charge in [-0.15, -0.1) is 0 Å². The van der Waals surface area contributed by atoms with Gasteiger partial charge in [-0.3, -0.25) is 4.79 Å². The molecule has 0 N–H and O–H groups in total. The number of ether oxygens (including phenoxy) is 1. The molecular formula is C13H16N2O2S. The van der Waals surface area contributed by atoms with Gasteiger partial charge in [-0.2, -0.15) is 0 Å². The maximum absolute atomic E-state index is 11.5. The molecule has 1 aromatic heterocycles. The van der Waals surface area contributed by atoms with Crippen LogP contribution in [0.3, 0.4) is 0 Å². The Labute approximate surface area is 110 Å². The lowest BCUT2D eigenvalue weighted by Gasteiger charge is -2.08. The Hall–Kier alpha value is -1.49. The normalized spacial score (nSPS) is 11.1. The van der Waals surface area contributed by atoms with Crippen LogP contribution in [-0.4, -0.2) is 27.9 Å². The quantitative estimate of drug-likeness (QED) is 0.629. The Kier molecular flexibility index (Phi) is 3.91. The smallest absolute Gasteiger partial charge is 0.325 e. The number of aromatic nitrogens is 2. The predicted octanol–water partition coefficient (Wildman–Crippen LogP) is 2.71. The maximum Gasteiger partial charge on any atom is 0.325 e. The largest absolute Gasteiger partial charge is 0.468 e. The summed E-state index contributed by atoms with van der Waals surface area (Å²) in [5, 5.41) is 1.27. The van der Waals surface area contributed by atoms with E-state index < -0.39 is 0 Å². The standard InChI is InChI=1S/C13H16N2O2S/c1-9(2)18-13-14-10-6-4-5-7-11(10)15(13)8-12(16)17-3/h4-7,9H,8H2,1-3H3. The third kappa shape index (κ3) is 2.67. The molecule has 0 fully saturated rings. The van der Waals surface area contributed by atoms with E-state index in [4.69, 9.17) is 4.74 Å². The zero-order valence-corrected chi connectivity index (χ0v) is 11.5. The van der Waals surface area contributed by atoms with Crippen molar-refractivity contribution in [3.63, 3.8) is 0 Å². The van der Waals surface area contributed by atoms with Crippen molar-refractivity contribution in [2.45, 2.75) is 30.8 Å². The topological polar surface area (TPSA) is 44.1 Å². The summed E-state index contributed by atoms with van der Waals surface area (Å²) in [6, 6.07) is 7.81. The Morgan fingerprint density at radius 3 is 2.83 bits per heavy atom. The predicted molar refractivity (Wildman–Crippen MR) is 72.7 cm³/mol. The fourth-order valence-corrected chi connectivity index (χ4v) is 2.56. The minimum atomic E-state index is -0.260. The third-order valence-electron chi connectivity index (χ3n) is 2.48. The average Bonchev–Trinajstić information content (AvgIpc) is 2.66. The number of benzene rings is 1. The molecule has 0 aliphatic heterocycles. The summed E-state index contributed by atoms with van der Waals surface area (Å²) in [4.78, 5) is 16.0.